The summed E-state index contributed by atoms with van der Waals surface area (Å²) in [5, 5.41) is 3.35. The van der Waals surface area contributed by atoms with Gasteiger partial charge < -0.3 is 0 Å². The highest BCUT2D eigenvalue weighted by Gasteiger charge is 2.12. The largest absolute Gasteiger partial charge is 0.254 e. The molecule has 2 aromatic heterocycles. The number of hydrogen-bond donors (Lipinski definition) is 1. The molecule has 3 aromatic rings. The SMILES string of the molecule is O=S(=O)(Cc1ccc(Cl)cc1)NCCc1csc(-c2ccccn2)n1. The summed E-state index contributed by atoms with van der Waals surface area (Å²) in [5.74, 6) is -0.0690. The van der Waals surface area contributed by atoms with Crippen LogP contribution in [-0.4, -0.2) is 24.9 Å². The van der Waals surface area contributed by atoms with Crippen molar-refractivity contribution < 1.29 is 8.42 Å². The Hall–Kier alpha value is -1.80. The molecule has 0 fully saturated rings. The van der Waals surface area contributed by atoms with Crippen molar-refractivity contribution in [2.75, 3.05) is 6.54 Å². The van der Waals surface area contributed by atoms with E-state index in [1.54, 1.807) is 30.5 Å². The van der Waals surface area contributed by atoms with Gasteiger partial charge in [-0.2, -0.15) is 0 Å². The molecular weight excluding hydrogens is 378 g/mol. The van der Waals surface area contributed by atoms with Gasteiger partial charge in [-0.3, -0.25) is 4.98 Å². The van der Waals surface area contributed by atoms with E-state index in [1.807, 2.05) is 23.6 Å². The first-order valence-corrected chi connectivity index (χ1v) is 10.5. The molecule has 0 unspecified atom stereocenters. The predicted octanol–water partition coefficient (Wildman–Crippen LogP) is 3.52. The maximum atomic E-state index is 12.1. The predicted molar refractivity (Wildman–Crippen MR) is 101 cm³/mol. The molecule has 0 bridgehead atoms. The molecule has 0 atom stereocenters. The number of pyridine rings is 1. The van der Waals surface area contributed by atoms with Crippen LogP contribution in [0.4, 0.5) is 0 Å². The summed E-state index contributed by atoms with van der Waals surface area (Å²) < 4.78 is 26.9. The number of rotatable bonds is 7. The van der Waals surface area contributed by atoms with Crippen LogP contribution in [0.15, 0.2) is 54.0 Å². The van der Waals surface area contributed by atoms with E-state index in [-0.39, 0.29) is 5.75 Å². The van der Waals surface area contributed by atoms with Crippen LogP contribution in [0.5, 0.6) is 0 Å². The Morgan fingerprint density at radius 3 is 2.64 bits per heavy atom. The maximum absolute atomic E-state index is 12.1. The van der Waals surface area contributed by atoms with Crippen molar-refractivity contribution >= 4 is 33.0 Å². The van der Waals surface area contributed by atoms with Gasteiger partial charge in [-0.25, -0.2) is 18.1 Å². The molecule has 0 saturated carbocycles. The van der Waals surface area contributed by atoms with E-state index in [0.29, 0.717) is 23.6 Å². The van der Waals surface area contributed by atoms with Gasteiger partial charge in [0.1, 0.15) is 5.01 Å². The molecule has 25 heavy (non-hydrogen) atoms. The molecule has 2 heterocycles. The van der Waals surface area contributed by atoms with E-state index in [9.17, 15) is 8.42 Å². The average molecular weight is 394 g/mol. The van der Waals surface area contributed by atoms with Crippen molar-refractivity contribution in [3.05, 3.63) is 70.3 Å². The van der Waals surface area contributed by atoms with Crippen LogP contribution in [0.25, 0.3) is 10.7 Å². The minimum absolute atomic E-state index is 0.0690. The molecule has 0 aliphatic carbocycles. The van der Waals surface area contributed by atoms with Crippen LogP contribution < -0.4 is 4.72 Å². The van der Waals surface area contributed by atoms with Crippen LogP contribution in [-0.2, 0) is 22.2 Å². The molecule has 0 amide bonds. The molecule has 1 N–H and O–H groups in total. The number of sulfonamides is 1. The van der Waals surface area contributed by atoms with Gasteiger partial charge >= 0.3 is 0 Å². The smallest absolute Gasteiger partial charge is 0.215 e. The third-order valence-corrected chi connectivity index (χ3v) is 5.93. The minimum Gasteiger partial charge on any atom is -0.254 e. The number of thiazole rings is 1. The number of aromatic nitrogens is 2. The van der Waals surface area contributed by atoms with E-state index in [2.05, 4.69) is 14.7 Å². The van der Waals surface area contributed by atoms with Crippen molar-refractivity contribution in [2.24, 2.45) is 0 Å². The lowest BCUT2D eigenvalue weighted by atomic mass is 10.2. The van der Waals surface area contributed by atoms with Gasteiger partial charge in [0.25, 0.3) is 0 Å². The minimum atomic E-state index is -3.39. The second kappa shape index (κ2) is 8.05. The Morgan fingerprint density at radius 2 is 1.92 bits per heavy atom. The molecule has 3 rings (SSSR count). The van der Waals surface area contributed by atoms with Crippen molar-refractivity contribution in [2.45, 2.75) is 12.2 Å². The van der Waals surface area contributed by atoms with Crippen molar-refractivity contribution in [1.82, 2.24) is 14.7 Å². The molecule has 0 spiro atoms. The highest BCUT2D eigenvalue weighted by molar-refractivity contribution is 7.88. The van der Waals surface area contributed by atoms with E-state index in [4.69, 9.17) is 11.6 Å². The topological polar surface area (TPSA) is 72.0 Å². The van der Waals surface area contributed by atoms with Gasteiger partial charge in [-0.15, -0.1) is 11.3 Å². The fourth-order valence-corrected chi connectivity index (χ4v) is 4.32. The Kier molecular flexibility index (Phi) is 5.80. The van der Waals surface area contributed by atoms with Crippen LogP contribution >= 0.6 is 22.9 Å². The average Bonchev–Trinajstić information content (AvgIpc) is 3.06. The van der Waals surface area contributed by atoms with Crippen molar-refractivity contribution in [1.29, 1.82) is 0 Å². The Bertz CT molecular complexity index is 926. The standard InChI is InChI=1S/C17H16ClN3O2S2/c18-14-6-4-13(5-7-14)12-25(22,23)20-10-8-15-11-24-17(21-15)16-3-1-2-9-19-16/h1-7,9,11,20H,8,10,12H2. The quantitative estimate of drug-likeness (QED) is 0.666. The molecular formula is C17H16ClN3O2S2. The molecule has 0 aliphatic heterocycles. The van der Waals surface area contributed by atoms with E-state index < -0.39 is 10.0 Å². The number of nitrogens with one attached hydrogen (secondary N) is 1. The van der Waals surface area contributed by atoms with Crippen molar-refractivity contribution in [3.63, 3.8) is 0 Å². The summed E-state index contributed by atoms with van der Waals surface area (Å²) in [4.78, 5) is 8.76. The first kappa shape index (κ1) is 18.0. The van der Waals surface area contributed by atoms with Crippen LogP contribution in [0.1, 0.15) is 11.3 Å². The number of halogens is 1. The third-order valence-electron chi connectivity index (χ3n) is 3.41. The van der Waals surface area contributed by atoms with Gasteiger partial charge in [-0.1, -0.05) is 29.8 Å². The van der Waals surface area contributed by atoms with Gasteiger partial charge in [0.05, 0.1) is 17.1 Å². The van der Waals surface area contributed by atoms with Gasteiger partial charge in [-0.05, 0) is 29.8 Å². The summed E-state index contributed by atoms with van der Waals surface area (Å²) in [7, 11) is -3.39. The zero-order valence-corrected chi connectivity index (χ0v) is 15.6. The highest BCUT2D eigenvalue weighted by Crippen LogP contribution is 2.21. The number of nitrogens with zero attached hydrogens (tertiary/aromatic N) is 2. The summed E-state index contributed by atoms with van der Waals surface area (Å²) in [5.41, 5.74) is 2.37. The van der Waals surface area contributed by atoms with Gasteiger partial charge in [0.2, 0.25) is 10.0 Å². The second-order valence-electron chi connectivity index (χ2n) is 5.39. The van der Waals surface area contributed by atoms with Crippen LogP contribution in [0, 0.1) is 0 Å². The summed E-state index contributed by atoms with van der Waals surface area (Å²) in [6.07, 6.45) is 2.25. The second-order valence-corrected chi connectivity index (χ2v) is 8.49. The maximum Gasteiger partial charge on any atom is 0.215 e. The molecule has 1 aromatic carbocycles. The highest BCUT2D eigenvalue weighted by atomic mass is 35.5. The lowest BCUT2D eigenvalue weighted by Gasteiger charge is -2.06. The Labute approximate surface area is 155 Å². The number of benzene rings is 1. The fraction of sp³-hybridized carbons (Fsp3) is 0.176. The Morgan fingerprint density at radius 1 is 1.12 bits per heavy atom. The van der Waals surface area contributed by atoms with Crippen LogP contribution in [0.2, 0.25) is 5.02 Å². The normalized spacial score (nSPS) is 11.6. The lowest BCUT2D eigenvalue weighted by Crippen LogP contribution is -2.27. The lowest BCUT2D eigenvalue weighted by molar-refractivity contribution is 0.580. The van der Waals surface area contributed by atoms with Crippen molar-refractivity contribution in [3.8, 4) is 10.7 Å². The third kappa shape index (κ3) is 5.34. The molecule has 0 radical (unpaired) electrons. The molecule has 5 nitrogen and oxygen atoms in total. The van der Waals surface area contributed by atoms with Crippen LogP contribution in [0.3, 0.4) is 0 Å². The molecule has 0 aliphatic rings. The monoisotopic (exact) mass is 393 g/mol. The van der Waals surface area contributed by atoms with E-state index in [0.717, 1.165) is 16.4 Å². The zero-order valence-electron chi connectivity index (χ0n) is 13.2. The first-order chi connectivity index (χ1) is 12.0. The van der Waals surface area contributed by atoms with E-state index >= 15 is 0 Å². The zero-order chi connectivity index (χ0) is 17.7. The Balaban J connectivity index is 1.54. The summed E-state index contributed by atoms with van der Waals surface area (Å²) in [6.45, 7) is 0.307. The van der Waals surface area contributed by atoms with E-state index in [1.165, 1.54) is 11.3 Å². The summed E-state index contributed by atoms with van der Waals surface area (Å²) in [6, 6.07) is 12.4. The molecule has 8 heteroatoms. The fourth-order valence-electron chi connectivity index (χ4n) is 2.21. The molecule has 0 saturated heterocycles. The molecule has 130 valence electrons. The summed E-state index contributed by atoms with van der Waals surface area (Å²) >= 11 is 7.31. The first-order valence-electron chi connectivity index (χ1n) is 7.59. The number of hydrogen-bond acceptors (Lipinski definition) is 5. The van der Waals surface area contributed by atoms with Gasteiger partial charge in [0.15, 0.2) is 0 Å². The van der Waals surface area contributed by atoms with Gasteiger partial charge in [0, 0.05) is 29.6 Å².